The van der Waals surface area contributed by atoms with Gasteiger partial charge in [0.25, 0.3) is 0 Å². The third-order valence-electron chi connectivity index (χ3n) is 2.79. The van der Waals surface area contributed by atoms with Crippen molar-refractivity contribution in [3.63, 3.8) is 0 Å². The number of rotatable bonds is 5. The number of hydrogen-bond donors (Lipinski definition) is 2. The van der Waals surface area contributed by atoms with Crippen LogP contribution in [-0.2, 0) is 6.54 Å². The topological polar surface area (TPSA) is 32.3 Å². The molecule has 0 aliphatic rings. The lowest BCUT2D eigenvalue weighted by atomic mass is 10.1. The van der Waals surface area contributed by atoms with Gasteiger partial charge in [-0.15, -0.1) is 0 Å². The minimum atomic E-state index is 0.299. The summed E-state index contributed by atoms with van der Waals surface area (Å²) in [6.07, 6.45) is 0. The van der Waals surface area contributed by atoms with Gasteiger partial charge in [0, 0.05) is 13.1 Å². The van der Waals surface area contributed by atoms with Crippen molar-refractivity contribution in [3.8, 4) is 5.75 Å². The SMILES string of the molecule is C=C(CNCc1ccc(O)cc1)c1ccccc1. The van der Waals surface area contributed by atoms with Crippen molar-refractivity contribution in [2.75, 3.05) is 6.54 Å². The maximum Gasteiger partial charge on any atom is 0.115 e. The van der Waals surface area contributed by atoms with E-state index in [1.54, 1.807) is 12.1 Å². The normalized spacial score (nSPS) is 10.2. The molecule has 0 atom stereocenters. The van der Waals surface area contributed by atoms with Crippen molar-refractivity contribution in [1.29, 1.82) is 0 Å². The lowest BCUT2D eigenvalue weighted by Crippen LogP contribution is -2.15. The molecule has 0 saturated carbocycles. The second kappa shape index (κ2) is 6.03. The maximum atomic E-state index is 9.18. The molecule has 2 aromatic carbocycles. The first-order chi connectivity index (χ1) is 8.75. The van der Waals surface area contributed by atoms with Crippen molar-refractivity contribution < 1.29 is 5.11 Å². The van der Waals surface area contributed by atoms with Crippen LogP contribution in [0.25, 0.3) is 5.57 Å². The van der Waals surface area contributed by atoms with Gasteiger partial charge in [-0.05, 0) is 28.8 Å². The molecule has 0 radical (unpaired) electrons. The van der Waals surface area contributed by atoms with E-state index in [2.05, 4.69) is 24.0 Å². The van der Waals surface area contributed by atoms with E-state index in [4.69, 9.17) is 0 Å². The van der Waals surface area contributed by atoms with Crippen LogP contribution in [0.4, 0.5) is 0 Å². The number of benzene rings is 2. The smallest absolute Gasteiger partial charge is 0.115 e. The Hall–Kier alpha value is -2.06. The zero-order valence-corrected chi connectivity index (χ0v) is 10.3. The van der Waals surface area contributed by atoms with Crippen molar-refractivity contribution in [3.05, 3.63) is 72.3 Å². The summed E-state index contributed by atoms with van der Waals surface area (Å²) in [5.74, 6) is 0.299. The molecule has 18 heavy (non-hydrogen) atoms. The van der Waals surface area contributed by atoms with Gasteiger partial charge in [0.05, 0.1) is 0 Å². The van der Waals surface area contributed by atoms with Crippen molar-refractivity contribution in [2.45, 2.75) is 6.54 Å². The van der Waals surface area contributed by atoms with Crippen molar-refractivity contribution in [2.24, 2.45) is 0 Å². The molecule has 2 heteroatoms. The summed E-state index contributed by atoms with van der Waals surface area (Å²) in [6, 6.07) is 17.4. The Kier molecular flexibility index (Phi) is 4.15. The first-order valence-corrected chi connectivity index (χ1v) is 5.97. The Labute approximate surface area is 108 Å². The Morgan fingerprint density at radius 2 is 1.67 bits per heavy atom. The minimum Gasteiger partial charge on any atom is -0.508 e. The molecule has 2 N–H and O–H groups in total. The highest BCUT2D eigenvalue weighted by Gasteiger charge is 1.98. The van der Waals surface area contributed by atoms with Crippen molar-refractivity contribution in [1.82, 2.24) is 5.32 Å². The molecular formula is C16H17NO. The van der Waals surface area contributed by atoms with Crippen LogP contribution in [0, 0.1) is 0 Å². The van der Waals surface area contributed by atoms with Crippen LogP contribution in [0.3, 0.4) is 0 Å². The summed E-state index contributed by atoms with van der Waals surface area (Å²) in [5.41, 5.74) is 3.39. The summed E-state index contributed by atoms with van der Waals surface area (Å²) in [6.45, 7) is 5.59. The molecule has 0 aromatic heterocycles. The molecule has 2 rings (SSSR count). The molecule has 0 aliphatic carbocycles. The predicted octanol–water partition coefficient (Wildman–Crippen LogP) is 3.20. The molecule has 0 aliphatic heterocycles. The number of phenolic OH excluding ortho intramolecular Hbond substituents is 1. The van der Waals surface area contributed by atoms with Crippen LogP contribution in [0.5, 0.6) is 5.75 Å². The molecule has 2 aromatic rings. The van der Waals surface area contributed by atoms with E-state index < -0.39 is 0 Å². The highest BCUT2D eigenvalue weighted by Crippen LogP contribution is 2.11. The molecule has 0 saturated heterocycles. The minimum absolute atomic E-state index is 0.299. The van der Waals surface area contributed by atoms with Gasteiger partial charge in [-0.3, -0.25) is 0 Å². The predicted molar refractivity (Wildman–Crippen MR) is 75.3 cm³/mol. The first kappa shape index (κ1) is 12.4. The van der Waals surface area contributed by atoms with Gasteiger partial charge in [0.1, 0.15) is 5.75 Å². The molecule has 2 nitrogen and oxygen atoms in total. The van der Waals surface area contributed by atoms with E-state index in [1.165, 1.54) is 0 Å². The molecule has 92 valence electrons. The fourth-order valence-corrected chi connectivity index (χ4v) is 1.75. The average molecular weight is 239 g/mol. The van der Waals surface area contributed by atoms with Gasteiger partial charge in [-0.1, -0.05) is 49.0 Å². The third kappa shape index (κ3) is 3.47. The summed E-state index contributed by atoms with van der Waals surface area (Å²) in [7, 11) is 0. The molecule has 0 unspecified atom stereocenters. The molecule has 0 amide bonds. The largest absolute Gasteiger partial charge is 0.508 e. The molecule has 0 bridgehead atoms. The van der Waals surface area contributed by atoms with E-state index >= 15 is 0 Å². The van der Waals surface area contributed by atoms with Crippen LogP contribution >= 0.6 is 0 Å². The highest BCUT2D eigenvalue weighted by atomic mass is 16.3. The zero-order chi connectivity index (χ0) is 12.8. The fourth-order valence-electron chi connectivity index (χ4n) is 1.75. The monoisotopic (exact) mass is 239 g/mol. The van der Waals surface area contributed by atoms with Gasteiger partial charge in [0.15, 0.2) is 0 Å². The van der Waals surface area contributed by atoms with E-state index in [0.717, 1.165) is 29.8 Å². The standard InChI is InChI=1S/C16H17NO/c1-13(15-5-3-2-4-6-15)11-17-12-14-7-9-16(18)10-8-14/h2-10,17-18H,1,11-12H2. The lowest BCUT2D eigenvalue weighted by Gasteiger charge is -2.08. The zero-order valence-electron chi connectivity index (χ0n) is 10.3. The Bertz CT molecular complexity index is 502. The third-order valence-corrected chi connectivity index (χ3v) is 2.79. The summed E-state index contributed by atoms with van der Waals surface area (Å²) < 4.78 is 0. The Balaban J connectivity index is 1.82. The highest BCUT2D eigenvalue weighted by molar-refractivity contribution is 5.64. The number of aromatic hydroxyl groups is 1. The van der Waals surface area contributed by atoms with Gasteiger partial charge in [-0.2, -0.15) is 0 Å². The lowest BCUT2D eigenvalue weighted by molar-refractivity contribution is 0.475. The quantitative estimate of drug-likeness (QED) is 0.839. The summed E-state index contributed by atoms with van der Waals surface area (Å²) >= 11 is 0. The van der Waals surface area contributed by atoms with E-state index in [1.807, 2.05) is 30.3 Å². The van der Waals surface area contributed by atoms with E-state index in [-0.39, 0.29) is 0 Å². The number of hydrogen-bond acceptors (Lipinski definition) is 2. The van der Waals surface area contributed by atoms with E-state index in [9.17, 15) is 5.11 Å². The van der Waals surface area contributed by atoms with Gasteiger partial charge in [0.2, 0.25) is 0 Å². The maximum absolute atomic E-state index is 9.18. The molecule has 0 fully saturated rings. The van der Waals surface area contributed by atoms with Crippen LogP contribution in [0.1, 0.15) is 11.1 Å². The van der Waals surface area contributed by atoms with Gasteiger partial charge < -0.3 is 10.4 Å². The second-order valence-corrected chi connectivity index (χ2v) is 4.24. The average Bonchev–Trinajstić information content (AvgIpc) is 2.42. The molecule has 0 spiro atoms. The molecular weight excluding hydrogens is 222 g/mol. The van der Waals surface area contributed by atoms with Gasteiger partial charge >= 0.3 is 0 Å². The summed E-state index contributed by atoms with van der Waals surface area (Å²) in [4.78, 5) is 0. The molecule has 0 heterocycles. The van der Waals surface area contributed by atoms with E-state index in [0.29, 0.717) is 5.75 Å². The fraction of sp³-hybridized carbons (Fsp3) is 0.125. The number of nitrogens with one attached hydrogen (secondary N) is 1. The van der Waals surface area contributed by atoms with Crippen LogP contribution < -0.4 is 5.32 Å². The Morgan fingerprint density at radius 1 is 1.00 bits per heavy atom. The van der Waals surface area contributed by atoms with Crippen LogP contribution in [0.15, 0.2) is 61.2 Å². The van der Waals surface area contributed by atoms with Crippen molar-refractivity contribution >= 4 is 5.57 Å². The van der Waals surface area contributed by atoms with Crippen LogP contribution in [0.2, 0.25) is 0 Å². The Morgan fingerprint density at radius 3 is 2.33 bits per heavy atom. The first-order valence-electron chi connectivity index (χ1n) is 5.97. The summed E-state index contributed by atoms with van der Waals surface area (Å²) in [5, 5.41) is 12.5. The second-order valence-electron chi connectivity index (χ2n) is 4.24. The van der Waals surface area contributed by atoms with Gasteiger partial charge in [-0.25, -0.2) is 0 Å². The number of phenols is 1. The van der Waals surface area contributed by atoms with Crippen LogP contribution in [-0.4, -0.2) is 11.7 Å².